The van der Waals surface area contributed by atoms with Crippen molar-refractivity contribution in [1.29, 1.82) is 0 Å². The molecule has 0 fully saturated rings. The predicted octanol–water partition coefficient (Wildman–Crippen LogP) is 6.92. The zero-order valence-corrected chi connectivity index (χ0v) is 17.2. The summed E-state index contributed by atoms with van der Waals surface area (Å²) in [5.74, 6) is 0.0336. The summed E-state index contributed by atoms with van der Waals surface area (Å²) in [6, 6.07) is 20.4. The maximum atomic E-state index is 13.2. The minimum Gasteiger partial charge on any atom is -0.288 e. The van der Waals surface area contributed by atoms with Crippen LogP contribution in [0.15, 0.2) is 70.5 Å². The Morgan fingerprint density at radius 2 is 1.48 bits per heavy atom. The molecule has 0 aromatic heterocycles. The van der Waals surface area contributed by atoms with Gasteiger partial charge in [-0.25, -0.2) is 0 Å². The number of carbonyl (C=O) groups is 1. The van der Waals surface area contributed by atoms with Crippen LogP contribution in [0.4, 0.5) is 0 Å². The fourth-order valence-corrected chi connectivity index (χ4v) is 4.80. The summed E-state index contributed by atoms with van der Waals surface area (Å²) in [6.45, 7) is 6.63. The molecule has 4 rings (SSSR count). The van der Waals surface area contributed by atoms with Crippen LogP contribution < -0.4 is 0 Å². The average Bonchev–Trinajstić information content (AvgIpc) is 2.61. The van der Waals surface area contributed by atoms with Crippen LogP contribution in [0.25, 0.3) is 0 Å². The molecular formula is C24H21ClOS. The SMILES string of the molecule is CC(C)(C)c1ccc(Sc2cccc3c2C(=O)c2c(Cl)cccc2C3)cc1. The summed E-state index contributed by atoms with van der Waals surface area (Å²) >= 11 is 7.99. The quantitative estimate of drug-likeness (QED) is 0.368. The fraction of sp³-hybridized carbons (Fsp3) is 0.208. The lowest BCUT2D eigenvalue weighted by Crippen LogP contribution is -2.16. The number of ketones is 1. The Hall–Kier alpha value is -2.03. The van der Waals surface area contributed by atoms with E-state index in [-0.39, 0.29) is 11.2 Å². The maximum Gasteiger partial charge on any atom is 0.196 e. The molecule has 0 unspecified atom stereocenters. The highest BCUT2D eigenvalue weighted by Gasteiger charge is 2.28. The first kappa shape index (κ1) is 18.3. The van der Waals surface area contributed by atoms with Crippen LogP contribution in [-0.2, 0) is 11.8 Å². The Bertz CT molecular complexity index is 1030. The molecular weight excluding hydrogens is 372 g/mol. The molecule has 1 aliphatic carbocycles. The highest BCUT2D eigenvalue weighted by atomic mass is 35.5. The van der Waals surface area contributed by atoms with Gasteiger partial charge in [0.25, 0.3) is 0 Å². The van der Waals surface area contributed by atoms with Crippen molar-refractivity contribution in [2.24, 2.45) is 0 Å². The van der Waals surface area contributed by atoms with Gasteiger partial charge in [0.1, 0.15) is 0 Å². The van der Waals surface area contributed by atoms with Gasteiger partial charge in [-0.05, 0) is 52.8 Å². The summed E-state index contributed by atoms with van der Waals surface area (Å²) < 4.78 is 0. The Kier molecular flexibility index (Phi) is 4.65. The van der Waals surface area contributed by atoms with Crippen molar-refractivity contribution >= 4 is 29.1 Å². The molecule has 1 nitrogen and oxygen atoms in total. The monoisotopic (exact) mass is 392 g/mol. The van der Waals surface area contributed by atoms with Crippen LogP contribution in [-0.4, -0.2) is 5.78 Å². The molecule has 0 spiro atoms. The van der Waals surface area contributed by atoms with E-state index in [1.54, 1.807) is 17.8 Å². The van der Waals surface area contributed by atoms with E-state index >= 15 is 0 Å². The van der Waals surface area contributed by atoms with Gasteiger partial charge in [0.05, 0.1) is 5.02 Å². The molecule has 0 N–H and O–H groups in total. The highest BCUT2D eigenvalue weighted by molar-refractivity contribution is 7.99. The first-order valence-corrected chi connectivity index (χ1v) is 10.3. The third-order valence-corrected chi connectivity index (χ3v) is 6.38. The standard InChI is InChI=1S/C24H21ClOS/c1-24(2,3)17-10-12-18(13-11-17)27-20-9-5-7-16-14-15-6-4-8-19(25)21(15)23(26)22(16)20/h4-13H,14H2,1-3H3. The fourth-order valence-electron chi connectivity index (χ4n) is 3.52. The average molecular weight is 393 g/mol. The number of hydrogen-bond donors (Lipinski definition) is 0. The predicted molar refractivity (Wildman–Crippen MR) is 113 cm³/mol. The van der Waals surface area contributed by atoms with Gasteiger partial charge in [0, 0.05) is 20.9 Å². The zero-order valence-electron chi connectivity index (χ0n) is 15.7. The lowest BCUT2D eigenvalue weighted by Gasteiger charge is -2.22. The third-order valence-electron chi connectivity index (χ3n) is 5.00. The molecule has 0 radical (unpaired) electrons. The van der Waals surface area contributed by atoms with E-state index < -0.39 is 0 Å². The second kappa shape index (κ2) is 6.85. The number of benzene rings is 3. The largest absolute Gasteiger partial charge is 0.288 e. The van der Waals surface area contributed by atoms with Gasteiger partial charge >= 0.3 is 0 Å². The summed E-state index contributed by atoms with van der Waals surface area (Å²) in [5.41, 5.74) is 4.97. The molecule has 27 heavy (non-hydrogen) atoms. The smallest absolute Gasteiger partial charge is 0.196 e. The van der Waals surface area contributed by atoms with Crippen molar-refractivity contribution in [3.05, 3.63) is 93.5 Å². The Labute approximate surface area is 169 Å². The van der Waals surface area contributed by atoms with Crippen LogP contribution in [0.1, 0.15) is 53.4 Å². The molecule has 1 aliphatic rings. The van der Waals surface area contributed by atoms with Gasteiger partial charge in [0.15, 0.2) is 5.78 Å². The van der Waals surface area contributed by atoms with Gasteiger partial charge in [0.2, 0.25) is 0 Å². The van der Waals surface area contributed by atoms with Crippen molar-refractivity contribution in [3.63, 3.8) is 0 Å². The van der Waals surface area contributed by atoms with E-state index in [0.29, 0.717) is 10.6 Å². The molecule has 0 heterocycles. The number of rotatable bonds is 2. The normalized spacial score (nSPS) is 13.3. The van der Waals surface area contributed by atoms with Gasteiger partial charge in [-0.2, -0.15) is 0 Å². The van der Waals surface area contributed by atoms with Crippen molar-refractivity contribution < 1.29 is 4.79 Å². The Balaban J connectivity index is 1.71. The minimum atomic E-state index is 0.0336. The number of hydrogen-bond acceptors (Lipinski definition) is 2. The number of halogens is 1. The summed E-state index contributed by atoms with van der Waals surface area (Å²) in [7, 11) is 0. The summed E-state index contributed by atoms with van der Waals surface area (Å²) in [6.07, 6.45) is 0.744. The van der Waals surface area contributed by atoms with Crippen LogP contribution in [0.5, 0.6) is 0 Å². The van der Waals surface area contributed by atoms with Crippen LogP contribution in [0.2, 0.25) is 5.02 Å². The molecule has 3 heteroatoms. The van der Waals surface area contributed by atoms with Crippen LogP contribution in [0.3, 0.4) is 0 Å². The molecule has 0 atom stereocenters. The van der Waals surface area contributed by atoms with E-state index in [1.807, 2.05) is 30.3 Å². The van der Waals surface area contributed by atoms with E-state index in [0.717, 1.165) is 32.9 Å². The summed E-state index contributed by atoms with van der Waals surface area (Å²) in [4.78, 5) is 15.4. The molecule has 0 saturated carbocycles. The van der Waals surface area contributed by atoms with Crippen LogP contribution in [0, 0.1) is 0 Å². The van der Waals surface area contributed by atoms with Gasteiger partial charge < -0.3 is 0 Å². The second-order valence-electron chi connectivity index (χ2n) is 7.95. The van der Waals surface area contributed by atoms with Crippen molar-refractivity contribution in [2.45, 2.75) is 42.4 Å². The van der Waals surface area contributed by atoms with E-state index in [1.165, 1.54) is 5.56 Å². The van der Waals surface area contributed by atoms with Crippen molar-refractivity contribution in [2.75, 3.05) is 0 Å². The van der Waals surface area contributed by atoms with E-state index in [4.69, 9.17) is 11.6 Å². The first-order chi connectivity index (χ1) is 12.8. The minimum absolute atomic E-state index is 0.0336. The Morgan fingerprint density at radius 1 is 0.852 bits per heavy atom. The number of fused-ring (bicyclic) bond motifs is 2. The second-order valence-corrected chi connectivity index (χ2v) is 9.47. The lowest BCUT2D eigenvalue weighted by atomic mass is 9.85. The van der Waals surface area contributed by atoms with E-state index in [9.17, 15) is 4.79 Å². The highest BCUT2D eigenvalue weighted by Crippen LogP contribution is 2.39. The molecule has 0 bridgehead atoms. The first-order valence-electron chi connectivity index (χ1n) is 9.07. The summed E-state index contributed by atoms with van der Waals surface area (Å²) in [5, 5.41) is 0.539. The van der Waals surface area contributed by atoms with Crippen molar-refractivity contribution in [3.8, 4) is 0 Å². The van der Waals surface area contributed by atoms with Gasteiger partial charge in [-0.3, -0.25) is 4.79 Å². The molecule has 0 aliphatic heterocycles. The zero-order chi connectivity index (χ0) is 19.2. The van der Waals surface area contributed by atoms with Crippen LogP contribution >= 0.6 is 23.4 Å². The number of carbonyl (C=O) groups excluding carboxylic acids is 1. The lowest BCUT2D eigenvalue weighted by molar-refractivity contribution is 0.103. The third kappa shape index (κ3) is 3.44. The molecule has 0 saturated heterocycles. The molecule has 136 valence electrons. The molecule has 3 aromatic carbocycles. The van der Waals surface area contributed by atoms with Gasteiger partial charge in [-0.15, -0.1) is 0 Å². The van der Waals surface area contributed by atoms with Crippen molar-refractivity contribution in [1.82, 2.24) is 0 Å². The Morgan fingerprint density at radius 3 is 2.15 bits per heavy atom. The van der Waals surface area contributed by atoms with Gasteiger partial charge in [-0.1, -0.05) is 80.5 Å². The molecule has 0 amide bonds. The van der Waals surface area contributed by atoms with E-state index in [2.05, 4.69) is 45.0 Å². The molecule has 3 aromatic rings. The maximum absolute atomic E-state index is 13.2. The topological polar surface area (TPSA) is 17.1 Å².